The summed E-state index contributed by atoms with van der Waals surface area (Å²) in [5, 5.41) is 0. The van der Waals surface area contributed by atoms with Gasteiger partial charge in [-0.3, -0.25) is 4.79 Å². The van der Waals surface area contributed by atoms with E-state index in [0.717, 1.165) is 11.3 Å². The van der Waals surface area contributed by atoms with Gasteiger partial charge < -0.3 is 4.57 Å². The van der Waals surface area contributed by atoms with Crippen LogP contribution in [0.25, 0.3) is 11.2 Å². The Labute approximate surface area is 81.6 Å². The Morgan fingerprint density at radius 1 is 1.57 bits per heavy atom. The molecule has 2 aromatic rings. The number of carbonyl (C=O) groups excluding carboxylic acids is 1. The molecule has 0 saturated heterocycles. The molecular weight excluding hydrogens is 178 g/mol. The number of Topliss-reactive ketones (excluding diaryl/α,β-unsaturated/α-hetero) is 1. The van der Waals surface area contributed by atoms with Crippen molar-refractivity contribution in [3.05, 3.63) is 24.2 Å². The molecule has 0 N–H and O–H groups in total. The SMILES string of the molecule is CC(=O)Cc1nc2ncccc2n1C. The van der Waals surface area contributed by atoms with Crippen LogP contribution in [0.15, 0.2) is 18.3 Å². The van der Waals surface area contributed by atoms with E-state index in [-0.39, 0.29) is 5.78 Å². The molecule has 0 aliphatic heterocycles. The molecule has 0 atom stereocenters. The summed E-state index contributed by atoms with van der Waals surface area (Å²) in [4.78, 5) is 19.4. The first kappa shape index (κ1) is 8.87. The summed E-state index contributed by atoms with van der Waals surface area (Å²) in [5.41, 5.74) is 1.66. The predicted octanol–water partition coefficient (Wildman–Crippen LogP) is 1.10. The molecule has 0 unspecified atom stereocenters. The zero-order valence-electron chi connectivity index (χ0n) is 8.19. The van der Waals surface area contributed by atoms with E-state index >= 15 is 0 Å². The van der Waals surface area contributed by atoms with Crippen molar-refractivity contribution in [2.24, 2.45) is 7.05 Å². The van der Waals surface area contributed by atoms with E-state index in [0.29, 0.717) is 12.1 Å². The van der Waals surface area contributed by atoms with Crippen LogP contribution < -0.4 is 0 Å². The fourth-order valence-corrected chi connectivity index (χ4v) is 1.45. The standard InChI is InChI=1S/C10H11N3O/c1-7(14)6-9-12-10-8(13(9)2)4-3-5-11-10/h3-5H,6H2,1-2H3. The average molecular weight is 189 g/mol. The summed E-state index contributed by atoms with van der Waals surface area (Å²) >= 11 is 0. The van der Waals surface area contributed by atoms with Crippen molar-refractivity contribution < 1.29 is 4.79 Å². The van der Waals surface area contributed by atoms with Crippen molar-refractivity contribution in [3.63, 3.8) is 0 Å². The number of aryl methyl sites for hydroxylation is 1. The highest BCUT2D eigenvalue weighted by atomic mass is 16.1. The van der Waals surface area contributed by atoms with Gasteiger partial charge in [-0.15, -0.1) is 0 Å². The third-order valence-corrected chi connectivity index (χ3v) is 2.16. The molecular formula is C10H11N3O. The Hall–Kier alpha value is -1.71. The van der Waals surface area contributed by atoms with Crippen LogP contribution in [0.5, 0.6) is 0 Å². The second-order valence-electron chi connectivity index (χ2n) is 3.31. The quantitative estimate of drug-likeness (QED) is 0.710. The maximum absolute atomic E-state index is 11.0. The topological polar surface area (TPSA) is 47.8 Å². The van der Waals surface area contributed by atoms with Crippen LogP contribution in [-0.4, -0.2) is 20.3 Å². The van der Waals surface area contributed by atoms with Crippen molar-refractivity contribution in [3.8, 4) is 0 Å². The van der Waals surface area contributed by atoms with Crippen LogP contribution in [0, 0.1) is 0 Å². The summed E-state index contributed by atoms with van der Waals surface area (Å²) in [7, 11) is 1.90. The van der Waals surface area contributed by atoms with Crippen molar-refractivity contribution in [2.45, 2.75) is 13.3 Å². The van der Waals surface area contributed by atoms with Gasteiger partial charge in [0.25, 0.3) is 0 Å². The molecule has 0 radical (unpaired) electrons. The Kier molecular flexibility index (Phi) is 2.04. The zero-order valence-corrected chi connectivity index (χ0v) is 8.19. The van der Waals surface area contributed by atoms with Crippen LogP contribution >= 0.6 is 0 Å². The van der Waals surface area contributed by atoms with Crippen LogP contribution in [-0.2, 0) is 18.3 Å². The number of carbonyl (C=O) groups is 1. The smallest absolute Gasteiger partial charge is 0.177 e. The van der Waals surface area contributed by atoms with E-state index in [2.05, 4.69) is 9.97 Å². The van der Waals surface area contributed by atoms with Gasteiger partial charge in [0.15, 0.2) is 5.65 Å². The highest BCUT2D eigenvalue weighted by Crippen LogP contribution is 2.11. The molecule has 0 amide bonds. The van der Waals surface area contributed by atoms with E-state index in [1.807, 2.05) is 23.7 Å². The number of rotatable bonds is 2. The summed E-state index contributed by atoms with van der Waals surface area (Å²) in [6.45, 7) is 1.56. The monoisotopic (exact) mass is 189 g/mol. The van der Waals surface area contributed by atoms with E-state index in [1.165, 1.54) is 0 Å². The number of imidazole rings is 1. The lowest BCUT2D eigenvalue weighted by atomic mass is 10.3. The summed E-state index contributed by atoms with van der Waals surface area (Å²) < 4.78 is 1.91. The second kappa shape index (κ2) is 3.21. The van der Waals surface area contributed by atoms with E-state index in [9.17, 15) is 4.79 Å². The van der Waals surface area contributed by atoms with E-state index < -0.39 is 0 Å². The highest BCUT2D eigenvalue weighted by molar-refractivity contribution is 5.79. The molecule has 4 heteroatoms. The Balaban J connectivity index is 2.57. The highest BCUT2D eigenvalue weighted by Gasteiger charge is 2.08. The van der Waals surface area contributed by atoms with Crippen LogP contribution in [0.4, 0.5) is 0 Å². The lowest BCUT2D eigenvalue weighted by molar-refractivity contribution is -0.116. The van der Waals surface area contributed by atoms with Gasteiger partial charge in [0.1, 0.15) is 11.6 Å². The fraction of sp³-hybridized carbons (Fsp3) is 0.300. The van der Waals surface area contributed by atoms with E-state index in [1.54, 1.807) is 13.1 Å². The van der Waals surface area contributed by atoms with Gasteiger partial charge in [-0.2, -0.15) is 0 Å². The lowest BCUT2D eigenvalue weighted by Crippen LogP contribution is -2.03. The molecule has 0 fully saturated rings. The Morgan fingerprint density at radius 3 is 3.00 bits per heavy atom. The Morgan fingerprint density at radius 2 is 2.36 bits per heavy atom. The molecule has 4 nitrogen and oxygen atoms in total. The molecule has 0 saturated carbocycles. The molecule has 0 bridgehead atoms. The molecule has 0 aromatic carbocycles. The first-order valence-corrected chi connectivity index (χ1v) is 4.44. The third kappa shape index (κ3) is 1.39. The van der Waals surface area contributed by atoms with Crippen molar-refractivity contribution >= 4 is 16.9 Å². The minimum Gasteiger partial charge on any atom is -0.329 e. The number of aromatic nitrogens is 3. The summed E-state index contributed by atoms with van der Waals surface area (Å²) in [6.07, 6.45) is 2.07. The molecule has 2 heterocycles. The summed E-state index contributed by atoms with van der Waals surface area (Å²) in [5.74, 6) is 0.884. The predicted molar refractivity (Wildman–Crippen MR) is 52.9 cm³/mol. The summed E-state index contributed by atoms with van der Waals surface area (Å²) in [6, 6.07) is 3.81. The van der Waals surface area contributed by atoms with Crippen LogP contribution in [0.3, 0.4) is 0 Å². The van der Waals surface area contributed by atoms with Gasteiger partial charge in [0.05, 0.1) is 11.9 Å². The molecule has 2 aromatic heterocycles. The maximum Gasteiger partial charge on any atom is 0.177 e. The number of nitrogens with zero attached hydrogens (tertiary/aromatic N) is 3. The number of pyridine rings is 1. The van der Waals surface area contributed by atoms with Gasteiger partial charge >= 0.3 is 0 Å². The van der Waals surface area contributed by atoms with Crippen LogP contribution in [0.1, 0.15) is 12.7 Å². The molecule has 14 heavy (non-hydrogen) atoms. The zero-order chi connectivity index (χ0) is 10.1. The molecule has 2 rings (SSSR count). The second-order valence-corrected chi connectivity index (χ2v) is 3.31. The molecule has 72 valence electrons. The lowest BCUT2D eigenvalue weighted by Gasteiger charge is -1.98. The fourth-order valence-electron chi connectivity index (χ4n) is 1.45. The first-order chi connectivity index (χ1) is 6.68. The maximum atomic E-state index is 11.0. The van der Waals surface area contributed by atoms with Gasteiger partial charge in [-0.1, -0.05) is 0 Å². The number of fused-ring (bicyclic) bond motifs is 1. The van der Waals surface area contributed by atoms with Crippen molar-refractivity contribution in [1.82, 2.24) is 14.5 Å². The van der Waals surface area contributed by atoms with E-state index in [4.69, 9.17) is 0 Å². The normalized spacial score (nSPS) is 10.7. The number of hydrogen-bond acceptors (Lipinski definition) is 3. The average Bonchev–Trinajstić information content (AvgIpc) is 2.44. The number of hydrogen-bond donors (Lipinski definition) is 0. The van der Waals surface area contributed by atoms with Gasteiger partial charge in [0, 0.05) is 13.2 Å². The van der Waals surface area contributed by atoms with Gasteiger partial charge in [0.2, 0.25) is 0 Å². The Bertz CT molecular complexity index is 487. The van der Waals surface area contributed by atoms with Crippen molar-refractivity contribution in [1.29, 1.82) is 0 Å². The van der Waals surface area contributed by atoms with Crippen molar-refractivity contribution in [2.75, 3.05) is 0 Å². The largest absolute Gasteiger partial charge is 0.329 e. The van der Waals surface area contributed by atoms with Gasteiger partial charge in [-0.25, -0.2) is 9.97 Å². The minimum atomic E-state index is 0.114. The first-order valence-electron chi connectivity index (χ1n) is 4.44. The molecule has 0 aliphatic rings. The number of ketones is 1. The van der Waals surface area contributed by atoms with Crippen LogP contribution in [0.2, 0.25) is 0 Å². The molecule has 0 spiro atoms. The molecule has 0 aliphatic carbocycles. The third-order valence-electron chi connectivity index (χ3n) is 2.16. The minimum absolute atomic E-state index is 0.114. The van der Waals surface area contributed by atoms with Gasteiger partial charge in [-0.05, 0) is 19.1 Å².